The number of amides is 1. The van der Waals surface area contributed by atoms with Gasteiger partial charge in [-0.2, -0.15) is 0 Å². The maximum atomic E-state index is 13.7. The van der Waals surface area contributed by atoms with Crippen LogP contribution in [-0.2, 0) is 6.54 Å². The molecule has 0 aliphatic rings. The normalized spacial score (nSPS) is 10.4. The van der Waals surface area contributed by atoms with Gasteiger partial charge in [0.2, 0.25) is 0 Å². The maximum absolute atomic E-state index is 13.7. The highest BCUT2D eigenvalue weighted by atomic mass is 35.5. The van der Waals surface area contributed by atoms with E-state index in [2.05, 4.69) is 29.0 Å². The highest BCUT2D eigenvalue weighted by Gasteiger charge is 2.12. The highest BCUT2D eigenvalue weighted by molar-refractivity contribution is 6.30. The summed E-state index contributed by atoms with van der Waals surface area (Å²) < 4.78 is 13.7. The SMILES string of the molecule is CCN(CC)c1ccc(CNC(=O)c2ccc(Cl)cc2F)cn1. The molecule has 0 bridgehead atoms. The quantitative estimate of drug-likeness (QED) is 0.876. The zero-order valence-corrected chi connectivity index (χ0v) is 13.9. The fourth-order valence-corrected chi connectivity index (χ4v) is 2.37. The molecule has 0 radical (unpaired) electrons. The number of carbonyl (C=O) groups is 1. The Bertz CT molecular complexity index is 672. The van der Waals surface area contributed by atoms with Crippen molar-refractivity contribution in [1.82, 2.24) is 10.3 Å². The van der Waals surface area contributed by atoms with E-state index < -0.39 is 11.7 Å². The molecule has 1 amide bonds. The molecule has 0 spiro atoms. The minimum atomic E-state index is -0.634. The summed E-state index contributed by atoms with van der Waals surface area (Å²) in [5.41, 5.74) is 0.825. The number of pyridine rings is 1. The molecule has 2 aromatic rings. The summed E-state index contributed by atoms with van der Waals surface area (Å²) in [7, 11) is 0. The van der Waals surface area contributed by atoms with Crippen molar-refractivity contribution in [2.24, 2.45) is 0 Å². The minimum Gasteiger partial charge on any atom is -0.357 e. The van der Waals surface area contributed by atoms with Gasteiger partial charge in [-0.25, -0.2) is 9.37 Å². The Morgan fingerprint density at radius 2 is 2.00 bits per heavy atom. The molecule has 0 fully saturated rings. The molecule has 122 valence electrons. The minimum absolute atomic E-state index is 0.0258. The van der Waals surface area contributed by atoms with Crippen LogP contribution in [0.2, 0.25) is 5.02 Å². The lowest BCUT2D eigenvalue weighted by molar-refractivity contribution is 0.0947. The largest absolute Gasteiger partial charge is 0.357 e. The second kappa shape index (κ2) is 7.92. The first-order valence-electron chi connectivity index (χ1n) is 7.48. The average Bonchev–Trinajstić information content (AvgIpc) is 2.55. The molecule has 1 heterocycles. The molecule has 6 heteroatoms. The lowest BCUT2D eigenvalue weighted by atomic mass is 10.2. The van der Waals surface area contributed by atoms with E-state index in [1.54, 1.807) is 6.20 Å². The first kappa shape index (κ1) is 17.2. The number of nitrogens with one attached hydrogen (secondary N) is 1. The van der Waals surface area contributed by atoms with Crippen molar-refractivity contribution >= 4 is 23.3 Å². The fourth-order valence-electron chi connectivity index (χ4n) is 2.21. The number of nitrogens with zero attached hydrogens (tertiary/aromatic N) is 2. The Morgan fingerprint density at radius 3 is 2.57 bits per heavy atom. The fraction of sp³-hybridized carbons (Fsp3) is 0.294. The first-order chi connectivity index (χ1) is 11.0. The van der Waals surface area contributed by atoms with Gasteiger partial charge in [0.25, 0.3) is 5.91 Å². The van der Waals surface area contributed by atoms with Crippen LogP contribution >= 0.6 is 11.6 Å². The van der Waals surface area contributed by atoms with Crippen molar-refractivity contribution < 1.29 is 9.18 Å². The van der Waals surface area contributed by atoms with Crippen LogP contribution < -0.4 is 10.2 Å². The van der Waals surface area contributed by atoms with Crippen molar-refractivity contribution in [3.8, 4) is 0 Å². The van der Waals surface area contributed by atoms with Gasteiger partial charge in [0, 0.05) is 30.9 Å². The number of rotatable bonds is 6. The van der Waals surface area contributed by atoms with Crippen LogP contribution in [0.25, 0.3) is 0 Å². The lowest BCUT2D eigenvalue weighted by Crippen LogP contribution is -2.25. The average molecular weight is 336 g/mol. The van der Waals surface area contributed by atoms with Gasteiger partial charge in [-0.05, 0) is 43.7 Å². The molecule has 23 heavy (non-hydrogen) atoms. The summed E-state index contributed by atoms with van der Waals surface area (Å²) in [5.74, 6) is -0.217. The third-order valence-electron chi connectivity index (χ3n) is 3.53. The monoisotopic (exact) mass is 335 g/mol. The Morgan fingerprint density at radius 1 is 1.26 bits per heavy atom. The Labute approximate surface area is 140 Å². The van der Waals surface area contributed by atoms with Crippen molar-refractivity contribution in [2.45, 2.75) is 20.4 Å². The number of aromatic nitrogens is 1. The van der Waals surface area contributed by atoms with E-state index in [-0.39, 0.29) is 17.1 Å². The molecule has 1 aromatic heterocycles. The van der Waals surface area contributed by atoms with E-state index in [4.69, 9.17) is 11.6 Å². The lowest BCUT2D eigenvalue weighted by Gasteiger charge is -2.19. The van der Waals surface area contributed by atoms with Crippen LogP contribution in [0.1, 0.15) is 29.8 Å². The van der Waals surface area contributed by atoms with Crippen LogP contribution in [0, 0.1) is 5.82 Å². The summed E-state index contributed by atoms with van der Waals surface area (Å²) in [6.07, 6.45) is 1.71. The summed E-state index contributed by atoms with van der Waals surface area (Å²) in [5, 5.41) is 2.94. The van der Waals surface area contributed by atoms with Gasteiger partial charge in [-0.1, -0.05) is 17.7 Å². The van der Waals surface area contributed by atoms with Gasteiger partial charge in [0.15, 0.2) is 0 Å². The van der Waals surface area contributed by atoms with Gasteiger partial charge in [0.05, 0.1) is 5.56 Å². The van der Waals surface area contributed by atoms with Crippen molar-refractivity contribution in [2.75, 3.05) is 18.0 Å². The molecule has 4 nitrogen and oxygen atoms in total. The predicted octanol–water partition coefficient (Wildman–Crippen LogP) is 3.65. The molecule has 0 saturated carbocycles. The number of anilines is 1. The van der Waals surface area contributed by atoms with Gasteiger partial charge in [0.1, 0.15) is 11.6 Å². The Hall–Kier alpha value is -2.14. The van der Waals surface area contributed by atoms with Crippen molar-refractivity contribution in [3.05, 3.63) is 58.5 Å². The van der Waals surface area contributed by atoms with Gasteiger partial charge < -0.3 is 10.2 Å². The van der Waals surface area contributed by atoms with Crippen LogP contribution in [-0.4, -0.2) is 24.0 Å². The Balaban J connectivity index is 1.99. The van der Waals surface area contributed by atoms with E-state index in [1.165, 1.54) is 12.1 Å². The molecule has 0 saturated heterocycles. The number of halogens is 2. The second-order valence-electron chi connectivity index (χ2n) is 5.00. The van der Waals surface area contributed by atoms with Crippen LogP contribution in [0.5, 0.6) is 0 Å². The van der Waals surface area contributed by atoms with Gasteiger partial charge in [-0.15, -0.1) is 0 Å². The summed E-state index contributed by atoms with van der Waals surface area (Å²) in [4.78, 5) is 18.5. The van der Waals surface area contributed by atoms with Crippen LogP contribution in [0.15, 0.2) is 36.5 Å². The van der Waals surface area contributed by atoms with E-state index in [0.717, 1.165) is 30.5 Å². The first-order valence-corrected chi connectivity index (χ1v) is 7.86. The second-order valence-corrected chi connectivity index (χ2v) is 5.44. The maximum Gasteiger partial charge on any atom is 0.254 e. The number of benzene rings is 1. The number of hydrogen-bond acceptors (Lipinski definition) is 3. The smallest absolute Gasteiger partial charge is 0.254 e. The zero-order chi connectivity index (χ0) is 16.8. The zero-order valence-electron chi connectivity index (χ0n) is 13.1. The van der Waals surface area contributed by atoms with E-state index in [1.807, 2.05) is 12.1 Å². The summed E-state index contributed by atoms with van der Waals surface area (Å²) in [6, 6.07) is 7.79. The van der Waals surface area contributed by atoms with E-state index in [9.17, 15) is 9.18 Å². The molecule has 0 atom stereocenters. The molecular weight excluding hydrogens is 317 g/mol. The van der Waals surface area contributed by atoms with Crippen molar-refractivity contribution in [3.63, 3.8) is 0 Å². The van der Waals surface area contributed by atoms with Crippen LogP contribution in [0.3, 0.4) is 0 Å². The standard InChI is InChI=1S/C17H19ClFN3O/c1-3-22(4-2)16-8-5-12(10-20-16)11-21-17(23)14-7-6-13(18)9-15(14)19/h5-10H,3-4,11H2,1-2H3,(H,21,23). The van der Waals surface area contributed by atoms with Crippen molar-refractivity contribution in [1.29, 1.82) is 0 Å². The third kappa shape index (κ3) is 4.42. The Kier molecular flexibility index (Phi) is 5.93. The highest BCUT2D eigenvalue weighted by Crippen LogP contribution is 2.15. The summed E-state index contributed by atoms with van der Waals surface area (Å²) >= 11 is 5.67. The molecule has 0 aliphatic carbocycles. The summed E-state index contributed by atoms with van der Waals surface area (Å²) in [6.45, 7) is 6.19. The molecule has 0 aliphatic heterocycles. The number of hydrogen-bond donors (Lipinski definition) is 1. The molecule has 1 aromatic carbocycles. The topological polar surface area (TPSA) is 45.2 Å². The van der Waals surface area contributed by atoms with E-state index >= 15 is 0 Å². The molecule has 2 rings (SSSR count). The third-order valence-corrected chi connectivity index (χ3v) is 3.76. The van der Waals surface area contributed by atoms with Gasteiger partial charge >= 0.3 is 0 Å². The van der Waals surface area contributed by atoms with E-state index in [0.29, 0.717) is 0 Å². The molecular formula is C17H19ClFN3O. The molecule has 0 unspecified atom stereocenters. The molecule has 1 N–H and O–H groups in total. The van der Waals surface area contributed by atoms with Gasteiger partial charge in [-0.3, -0.25) is 4.79 Å². The predicted molar refractivity (Wildman–Crippen MR) is 90.4 cm³/mol. The number of carbonyl (C=O) groups excluding carboxylic acids is 1. The van der Waals surface area contributed by atoms with Crippen LogP contribution in [0.4, 0.5) is 10.2 Å².